The molecule has 32 heavy (non-hydrogen) atoms. The summed E-state index contributed by atoms with van der Waals surface area (Å²) in [5.74, 6) is 0.981. The molecule has 2 aromatic rings. The lowest BCUT2D eigenvalue weighted by Crippen LogP contribution is -2.51. The number of benzene rings is 1. The molecule has 0 radical (unpaired) electrons. The van der Waals surface area contributed by atoms with E-state index in [1.165, 1.54) is 11.8 Å². The summed E-state index contributed by atoms with van der Waals surface area (Å²) < 4.78 is 0. The molecular weight excluding hydrogens is 446 g/mol. The highest BCUT2D eigenvalue weighted by molar-refractivity contribution is 7.99. The van der Waals surface area contributed by atoms with Gasteiger partial charge < -0.3 is 15.1 Å². The molecule has 1 aliphatic rings. The van der Waals surface area contributed by atoms with Crippen LogP contribution in [0.15, 0.2) is 41.6 Å². The standard InChI is InChI=1S/C23H30ClN5O2S/c1-16(17-8-6-5-7-9-17)25-20(30)15-32-22-26-18(24)14-19(27-22)28-10-12-29(13-11-28)21(31)23(2,3)4/h5-9,14,16H,10-13,15H2,1-4H3,(H,25,30). The fourth-order valence-electron chi connectivity index (χ4n) is 3.46. The third-order valence-corrected chi connectivity index (χ3v) is 6.24. The van der Waals surface area contributed by atoms with E-state index in [0.717, 1.165) is 5.56 Å². The van der Waals surface area contributed by atoms with Crippen LogP contribution in [0.3, 0.4) is 0 Å². The van der Waals surface area contributed by atoms with E-state index >= 15 is 0 Å². The van der Waals surface area contributed by atoms with E-state index in [1.807, 2.05) is 62.9 Å². The summed E-state index contributed by atoms with van der Waals surface area (Å²) in [6, 6.07) is 11.5. The van der Waals surface area contributed by atoms with Gasteiger partial charge in [0.15, 0.2) is 5.16 Å². The molecule has 1 unspecified atom stereocenters. The molecule has 2 amide bonds. The second-order valence-corrected chi connectivity index (χ2v) is 10.2. The van der Waals surface area contributed by atoms with Crippen molar-refractivity contribution in [3.8, 4) is 0 Å². The minimum atomic E-state index is -0.386. The van der Waals surface area contributed by atoms with Crippen LogP contribution in [0.25, 0.3) is 0 Å². The Labute approximate surface area is 198 Å². The lowest BCUT2D eigenvalue weighted by molar-refractivity contribution is -0.139. The maximum atomic E-state index is 12.5. The average molecular weight is 476 g/mol. The Morgan fingerprint density at radius 2 is 1.78 bits per heavy atom. The molecule has 1 aliphatic heterocycles. The minimum absolute atomic E-state index is 0.0766. The normalized spacial score (nSPS) is 15.4. The Morgan fingerprint density at radius 3 is 2.41 bits per heavy atom. The predicted molar refractivity (Wildman–Crippen MR) is 129 cm³/mol. The number of amides is 2. The van der Waals surface area contributed by atoms with Gasteiger partial charge in [0.2, 0.25) is 11.8 Å². The zero-order chi connectivity index (χ0) is 23.3. The van der Waals surface area contributed by atoms with E-state index < -0.39 is 0 Å². The van der Waals surface area contributed by atoms with Crippen LogP contribution in [-0.2, 0) is 9.59 Å². The Morgan fingerprint density at radius 1 is 1.12 bits per heavy atom. The van der Waals surface area contributed by atoms with Crippen molar-refractivity contribution in [1.82, 2.24) is 20.2 Å². The minimum Gasteiger partial charge on any atom is -0.353 e. The zero-order valence-electron chi connectivity index (χ0n) is 19.0. The number of nitrogens with one attached hydrogen (secondary N) is 1. The van der Waals surface area contributed by atoms with Crippen LogP contribution >= 0.6 is 23.4 Å². The van der Waals surface area contributed by atoms with Crippen LogP contribution < -0.4 is 10.2 Å². The number of halogens is 1. The number of carbonyl (C=O) groups is 2. The van der Waals surface area contributed by atoms with Gasteiger partial charge in [0.1, 0.15) is 11.0 Å². The lowest BCUT2D eigenvalue weighted by atomic mass is 9.94. The average Bonchev–Trinajstić information content (AvgIpc) is 2.77. The van der Waals surface area contributed by atoms with Crippen LogP contribution in [0.1, 0.15) is 39.3 Å². The van der Waals surface area contributed by atoms with E-state index in [0.29, 0.717) is 42.3 Å². The van der Waals surface area contributed by atoms with Gasteiger partial charge in [-0.2, -0.15) is 0 Å². The fraction of sp³-hybridized carbons (Fsp3) is 0.478. The van der Waals surface area contributed by atoms with Crippen molar-refractivity contribution in [3.05, 3.63) is 47.1 Å². The second-order valence-electron chi connectivity index (χ2n) is 8.85. The molecule has 1 fully saturated rings. The molecule has 1 aromatic heterocycles. The monoisotopic (exact) mass is 475 g/mol. The summed E-state index contributed by atoms with van der Waals surface area (Å²) in [6.07, 6.45) is 0. The number of thioether (sulfide) groups is 1. The Kier molecular flexibility index (Phi) is 8.00. The van der Waals surface area contributed by atoms with E-state index in [-0.39, 0.29) is 29.0 Å². The quantitative estimate of drug-likeness (QED) is 0.389. The lowest BCUT2D eigenvalue weighted by Gasteiger charge is -2.38. The largest absolute Gasteiger partial charge is 0.353 e. The Balaban J connectivity index is 1.56. The summed E-state index contributed by atoms with van der Waals surface area (Å²) in [5, 5.41) is 3.79. The van der Waals surface area contributed by atoms with Gasteiger partial charge in [-0.3, -0.25) is 9.59 Å². The van der Waals surface area contributed by atoms with Gasteiger partial charge >= 0.3 is 0 Å². The van der Waals surface area contributed by atoms with Gasteiger partial charge in [0.05, 0.1) is 11.8 Å². The van der Waals surface area contributed by atoms with Crippen molar-refractivity contribution in [1.29, 1.82) is 0 Å². The van der Waals surface area contributed by atoms with Gasteiger partial charge in [-0.15, -0.1) is 0 Å². The maximum absolute atomic E-state index is 12.5. The van der Waals surface area contributed by atoms with Crippen LogP contribution in [-0.4, -0.2) is 58.6 Å². The molecule has 1 atom stereocenters. The molecule has 2 heterocycles. The summed E-state index contributed by atoms with van der Waals surface area (Å²) in [4.78, 5) is 37.7. The number of hydrogen-bond acceptors (Lipinski definition) is 6. The smallest absolute Gasteiger partial charge is 0.230 e. The number of aromatic nitrogens is 2. The third kappa shape index (κ3) is 6.59. The van der Waals surface area contributed by atoms with Gasteiger partial charge in [0.25, 0.3) is 0 Å². The molecule has 0 saturated carbocycles. The number of anilines is 1. The molecule has 1 aromatic carbocycles. The van der Waals surface area contributed by atoms with Crippen LogP contribution in [0.5, 0.6) is 0 Å². The summed E-state index contributed by atoms with van der Waals surface area (Å²) in [7, 11) is 0. The highest BCUT2D eigenvalue weighted by atomic mass is 35.5. The molecule has 1 N–H and O–H groups in total. The second kappa shape index (κ2) is 10.5. The third-order valence-electron chi connectivity index (χ3n) is 5.20. The first kappa shape index (κ1) is 24.3. The van der Waals surface area contributed by atoms with Crippen LogP contribution in [0.4, 0.5) is 5.82 Å². The molecule has 0 aliphatic carbocycles. The number of nitrogens with zero attached hydrogens (tertiary/aromatic N) is 4. The van der Waals surface area contributed by atoms with Crippen molar-refractivity contribution in [2.24, 2.45) is 5.41 Å². The van der Waals surface area contributed by atoms with Gasteiger partial charge in [-0.05, 0) is 12.5 Å². The number of rotatable bonds is 6. The first-order valence-corrected chi connectivity index (χ1v) is 12.1. The number of piperazine rings is 1. The van der Waals surface area contributed by atoms with Crippen molar-refractivity contribution in [2.75, 3.05) is 36.8 Å². The van der Waals surface area contributed by atoms with E-state index in [2.05, 4.69) is 20.2 Å². The van der Waals surface area contributed by atoms with Gasteiger partial charge in [-0.1, -0.05) is 74.5 Å². The summed E-state index contributed by atoms with van der Waals surface area (Å²) >= 11 is 7.49. The Hall–Kier alpha value is -2.32. The predicted octanol–water partition coefficient (Wildman–Crippen LogP) is 3.79. The van der Waals surface area contributed by atoms with Crippen molar-refractivity contribution >= 4 is 41.0 Å². The van der Waals surface area contributed by atoms with Crippen molar-refractivity contribution in [3.63, 3.8) is 0 Å². The topological polar surface area (TPSA) is 78.4 Å². The molecule has 3 rings (SSSR count). The first-order chi connectivity index (χ1) is 15.1. The summed E-state index contributed by atoms with van der Waals surface area (Å²) in [6.45, 7) is 10.4. The molecule has 9 heteroatoms. The van der Waals surface area contributed by atoms with E-state index in [9.17, 15) is 9.59 Å². The molecule has 0 bridgehead atoms. The summed E-state index contributed by atoms with van der Waals surface area (Å²) in [5.41, 5.74) is 0.666. The number of carbonyl (C=O) groups excluding carboxylic acids is 2. The molecular formula is C23H30ClN5O2S. The molecule has 7 nitrogen and oxygen atoms in total. The first-order valence-electron chi connectivity index (χ1n) is 10.7. The van der Waals surface area contributed by atoms with E-state index in [1.54, 1.807) is 6.07 Å². The van der Waals surface area contributed by atoms with Gasteiger partial charge in [0, 0.05) is 37.7 Å². The number of hydrogen-bond donors (Lipinski definition) is 1. The highest BCUT2D eigenvalue weighted by Gasteiger charge is 2.30. The maximum Gasteiger partial charge on any atom is 0.230 e. The molecule has 0 spiro atoms. The van der Waals surface area contributed by atoms with E-state index in [4.69, 9.17) is 11.6 Å². The molecule has 1 saturated heterocycles. The van der Waals surface area contributed by atoms with Crippen LogP contribution in [0, 0.1) is 5.41 Å². The van der Waals surface area contributed by atoms with Crippen molar-refractivity contribution < 1.29 is 9.59 Å². The molecule has 172 valence electrons. The zero-order valence-corrected chi connectivity index (χ0v) is 20.5. The Bertz CT molecular complexity index is 943. The SMILES string of the molecule is CC(NC(=O)CSc1nc(Cl)cc(N2CCN(C(=O)C(C)(C)C)CC2)n1)c1ccccc1. The van der Waals surface area contributed by atoms with Gasteiger partial charge in [-0.25, -0.2) is 9.97 Å². The van der Waals surface area contributed by atoms with Crippen molar-refractivity contribution in [2.45, 2.75) is 38.9 Å². The fourth-order valence-corrected chi connectivity index (χ4v) is 4.36. The van der Waals surface area contributed by atoms with Crippen LogP contribution in [0.2, 0.25) is 5.15 Å². The highest BCUT2D eigenvalue weighted by Crippen LogP contribution is 2.24.